The summed E-state index contributed by atoms with van der Waals surface area (Å²) in [5.74, 6) is -0.411. The Labute approximate surface area is 129 Å². The summed E-state index contributed by atoms with van der Waals surface area (Å²) >= 11 is 0. The van der Waals surface area contributed by atoms with Crippen LogP contribution in [0.1, 0.15) is 35.0 Å². The Balaban J connectivity index is 1.92. The molecule has 0 bridgehead atoms. The molecule has 2 aromatic rings. The van der Waals surface area contributed by atoms with Gasteiger partial charge in [0.25, 0.3) is 5.91 Å². The molecule has 1 saturated heterocycles. The molecule has 0 saturated carbocycles. The van der Waals surface area contributed by atoms with Crippen molar-refractivity contribution in [3.8, 4) is 0 Å². The molecule has 0 radical (unpaired) electrons. The number of hydrogen-bond acceptors (Lipinski definition) is 2. The Morgan fingerprint density at radius 1 is 1.27 bits per heavy atom. The molecule has 1 aliphatic rings. The first kappa shape index (κ1) is 14.6. The van der Waals surface area contributed by atoms with Crippen molar-refractivity contribution >= 4 is 22.7 Å². The molecule has 1 fully saturated rings. The fraction of sp³-hybridized carbons (Fsp3) is 0.412. The highest BCUT2D eigenvalue weighted by atomic mass is 16.2. The zero-order valence-corrected chi connectivity index (χ0v) is 13.2. The van der Waals surface area contributed by atoms with Gasteiger partial charge in [-0.15, -0.1) is 0 Å². The standard InChI is InChI=1S/C17H21N3O2/c1-10-4-5-11(2)14-12(10)8-13(19-14)15(21)20-7-6-17(3,9-20)16(18)22/h4-5,8,19H,6-7,9H2,1-3H3,(H2,18,22). The monoisotopic (exact) mass is 299 g/mol. The summed E-state index contributed by atoms with van der Waals surface area (Å²) in [6.07, 6.45) is 0.617. The van der Waals surface area contributed by atoms with Crippen molar-refractivity contribution in [2.45, 2.75) is 27.2 Å². The Morgan fingerprint density at radius 2 is 1.95 bits per heavy atom. The van der Waals surface area contributed by atoms with E-state index in [1.807, 2.05) is 32.9 Å². The molecule has 0 aliphatic carbocycles. The number of amides is 2. The molecule has 5 heteroatoms. The van der Waals surface area contributed by atoms with Gasteiger partial charge in [-0.2, -0.15) is 0 Å². The predicted octanol–water partition coefficient (Wildman–Crippen LogP) is 2.12. The van der Waals surface area contributed by atoms with E-state index < -0.39 is 5.41 Å². The van der Waals surface area contributed by atoms with Crippen LogP contribution in [0.25, 0.3) is 10.9 Å². The number of nitrogens with zero attached hydrogens (tertiary/aromatic N) is 1. The van der Waals surface area contributed by atoms with Gasteiger partial charge >= 0.3 is 0 Å². The van der Waals surface area contributed by atoms with Gasteiger partial charge in [0.1, 0.15) is 5.69 Å². The number of rotatable bonds is 2. The van der Waals surface area contributed by atoms with Crippen molar-refractivity contribution in [3.63, 3.8) is 0 Å². The topological polar surface area (TPSA) is 79.2 Å². The molecule has 5 nitrogen and oxygen atoms in total. The third-order valence-corrected chi connectivity index (χ3v) is 4.81. The first-order chi connectivity index (χ1) is 10.3. The van der Waals surface area contributed by atoms with Gasteiger partial charge in [0, 0.05) is 24.0 Å². The Bertz CT molecular complexity index is 739. The summed E-state index contributed by atoms with van der Waals surface area (Å²) in [4.78, 5) is 29.2. The van der Waals surface area contributed by atoms with E-state index in [-0.39, 0.29) is 11.8 Å². The maximum atomic E-state index is 12.7. The lowest BCUT2D eigenvalue weighted by Crippen LogP contribution is -2.38. The average Bonchev–Trinajstić information content (AvgIpc) is 3.08. The second-order valence-electron chi connectivity index (χ2n) is 6.57. The van der Waals surface area contributed by atoms with Gasteiger partial charge in [0.2, 0.25) is 5.91 Å². The van der Waals surface area contributed by atoms with E-state index in [1.54, 1.807) is 4.90 Å². The van der Waals surface area contributed by atoms with Crippen molar-refractivity contribution in [3.05, 3.63) is 35.0 Å². The van der Waals surface area contributed by atoms with Crippen LogP contribution in [0.15, 0.2) is 18.2 Å². The minimum atomic E-state index is -0.618. The van der Waals surface area contributed by atoms with Crippen LogP contribution in [0.3, 0.4) is 0 Å². The third kappa shape index (κ3) is 2.17. The van der Waals surface area contributed by atoms with Gasteiger partial charge in [-0.05, 0) is 44.4 Å². The first-order valence-electron chi connectivity index (χ1n) is 7.50. The number of aryl methyl sites for hydroxylation is 2. The lowest BCUT2D eigenvalue weighted by Gasteiger charge is -2.20. The number of carbonyl (C=O) groups excluding carboxylic acids is 2. The first-order valence-corrected chi connectivity index (χ1v) is 7.50. The Kier molecular flexibility index (Phi) is 3.24. The minimum Gasteiger partial charge on any atom is -0.369 e. The van der Waals surface area contributed by atoms with E-state index >= 15 is 0 Å². The van der Waals surface area contributed by atoms with Crippen LogP contribution in [0.4, 0.5) is 0 Å². The molecule has 2 heterocycles. The zero-order valence-electron chi connectivity index (χ0n) is 13.2. The van der Waals surface area contributed by atoms with E-state index in [0.717, 1.165) is 22.0 Å². The van der Waals surface area contributed by atoms with Gasteiger partial charge in [0.05, 0.1) is 5.41 Å². The lowest BCUT2D eigenvalue weighted by molar-refractivity contribution is -0.126. The zero-order chi connectivity index (χ0) is 16.1. The maximum Gasteiger partial charge on any atom is 0.270 e. The van der Waals surface area contributed by atoms with Crippen LogP contribution < -0.4 is 5.73 Å². The molecule has 1 aromatic heterocycles. The molecule has 22 heavy (non-hydrogen) atoms. The smallest absolute Gasteiger partial charge is 0.270 e. The SMILES string of the molecule is Cc1ccc(C)c2[nH]c(C(=O)N3CCC(C)(C(N)=O)C3)cc12. The summed E-state index contributed by atoms with van der Waals surface area (Å²) in [7, 11) is 0. The fourth-order valence-corrected chi connectivity index (χ4v) is 3.12. The molecule has 3 N–H and O–H groups in total. The normalized spacial score (nSPS) is 21.5. The highest BCUT2D eigenvalue weighted by Gasteiger charge is 2.41. The number of aromatic nitrogens is 1. The van der Waals surface area contributed by atoms with E-state index in [2.05, 4.69) is 11.1 Å². The van der Waals surface area contributed by atoms with Crippen LogP contribution >= 0.6 is 0 Å². The van der Waals surface area contributed by atoms with Gasteiger partial charge in [-0.25, -0.2) is 0 Å². The van der Waals surface area contributed by atoms with E-state index in [9.17, 15) is 9.59 Å². The number of nitrogens with one attached hydrogen (secondary N) is 1. The van der Waals surface area contributed by atoms with Crippen molar-refractivity contribution < 1.29 is 9.59 Å². The minimum absolute atomic E-state index is 0.0695. The number of nitrogens with two attached hydrogens (primary N) is 1. The molecule has 3 rings (SSSR count). The van der Waals surface area contributed by atoms with E-state index in [4.69, 9.17) is 5.73 Å². The second-order valence-corrected chi connectivity index (χ2v) is 6.57. The van der Waals surface area contributed by atoms with Gasteiger partial charge in [0.15, 0.2) is 0 Å². The van der Waals surface area contributed by atoms with Gasteiger partial charge < -0.3 is 15.6 Å². The molecule has 1 unspecified atom stereocenters. The number of hydrogen-bond donors (Lipinski definition) is 2. The molecule has 2 amide bonds. The highest BCUT2D eigenvalue weighted by Crippen LogP contribution is 2.31. The fourth-order valence-electron chi connectivity index (χ4n) is 3.12. The number of carbonyl (C=O) groups is 2. The number of fused-ring (bicyclic) bond motifs is 1. The van der Waals surface area contributed by atoms with E-state index in [0.29, 0.717) is 25.2 Å². The van der Waals surface area contributed by atoms with Crippen LogP contribution in [-0.2, 0) is 4.79 Å². The van der Waals surface area contributed by atoms with Gasteiger partial charge in [-0.3, -0.25) is 9.59 Å². The van der Waals surface area contributed by atoms with E-state index in [1.165, 1.54) is 0 Å². The molecule has 1 atom stereocenters. The number of aromatic amines is 1. The summed E-state index contributed by atoms with van der Waals surface area (Å²) in [5.41, 5.74) is 8.65. The summed E-state index contributed by atoms with van der Waals surface area (Å²) in [6.45, 7) is 6.82. The maximum absolute atomic E-state index is 12.7. The summed E-state index contributed by atoms with van der Waals surface area (Å²) in [6, 6.07) is 6.00. The molecule has 1 aromatic carbocycles. The number of benzene rings is 1. The lowest BCUT2D eigenvalue weighted by atomic mass is 9.89. The summed E-state index contributed by atoms with van der Waals surface area (Å²) in [5, 5.41) is 1.07. The van der Waals surface area contributed by atoms with Crippen LogP contribution in [-0.4, -0.2) is 34.8 Å². The van der Waals surface area contributed by atoms with Gasteiger partial charge in [-0.1, -0.05) is 12.1 Å². The largest absolute Gasteiger partial charge is 0.369 e. The van der Waals surface area contributed by atoms with Crippen LogP contribution in [0, 0.1) is 19.3 Å². The molecular formula is C17H21N3O2. The van der Waals surface area contributed by atoms with Crippen molar-refractivity contribution in [1.29, 1.82) is 0 Å². The second kappa shape index (κ2) is 4.87. The quantitative estimate of drug-likeness (QED) is 0.891. The van der Waals surface area contributed by atoms with Crippen LogP contribution in [0.2, 0.25) is 0 Å². The molecule has 116 valence electrons. The predicted molar refractivity (Wildman–Crippen MR) is 85.6 cm³/mol. The number of likely N-dealkylation sites (tertiary alicyclic amines) is 1. The van der Waals surface area contributed by atoms with Crippen molar-refractivity contribution in [2.75, 3.05) is 13.1 Å². The Hall–Kier alpha value is -2.30. The molecule has 1 aliphatic heterocycles. The molecule has 0 spiro atoms. The highest BCUT2D eigenvalue weighted by molar-refractivity contribution is 6.00. The molecular weight excluding hydrogens is 278 g/mol. The van der Waals surface area contributed by atoms with Crippen molar-refractivity contribution in [2.24, 2.45) is 11.1 Å². The van der Waals surface area contributed by atoms with Crippen molar-refractivity contribution in [1.82, 2.24) is 9.88 Å². The number of H-pyrrole nitrogens is 1. The third-order valence-electron chi connectivity index (χ3n) is 4.81. The van der Waals surface area contributed by atoms with Crippen LogP contribution in [0.5, 0.6) is 0 Å². The summed E-state index contributed by atoms with van der Waals surface area (Å²) < 4.78 is 0. The Morgan fingerprint density at radius 3 is 2.55 bits per heavy atom. The number of primary amides is 1. The average molecular weight is 299 g/mol.